The lowest BCUT2D eigenvalue weighted by Crippen LogP contribution is -1.94. The molecule has 22 heavy (non-hydrogen) atoms. The summed E-state index contributed by atoms with van der Waals surface area (Å²) in [5, 5.41) is 0. The van der Waals surface area contributed by atoms with Crippen LogP contribution in [0.15, 0.2) is 16.6 Å². The molecule has 0 bridgehead atoms. The number of allylic oxidation sites excluding steroid dienone is 1. The number of rotatable bonds is 12. The second-order valence-electron chi connectivity index (χ2n) is 6.30. The van der Waals surface area contributed by atoms with Gasteiger partial charge in [0.25, 0.3) is 0 Å². The van der Waals surface area contributed by atoms with Crippen molar-refractivity contribution in [2.75, 3.05) is 20.8 Å². The van der Waals surface area contributed by atoms with Crippen LogP contribution in [-0.4, -0.2) is 27.0 Å². The first-order chi connectivity index (χ1) is 10.8. The van der Waals surface area contributed by atoms with Crippen LogP contribution in [0.4, 0.5) is 0 Å². The van der Waals surface area contributed by atoms with Crippen LogP contribution >= 0.6 is 0 Å². The second kappa shape index (κ2) is 18.4. The Balaban J connectivity index is 0.00000135. The predicted molar refractivity (Wildman–Crippen MR) is 100 cm³/mol. The van der Waals surface area contributed by atoms with Gasteiger partial charge in [0.1, 0.15) is 0 Å². The van der Waals surface area contributed by atoms with Gasteiger partial charge in [-0.05, 0) is 24.8 Å². The highest BCUT2D eigenvalue weighted by atomic mass is 16.4. The lowest BCUT2D eigenvalue weighted by molar-refractivity contribution is 0.277. The van der Waals surface area contributed by atoms with Gasteiger partial charge in [-0.15, -0.1) is 0 Å². The molecule has 0 aromatic heterocycles. The van der Waals surface area contributed by atoms with Crippen molar-refractivity contribution in [2.45, 2.75) is 90.4 Å². The van der Waals surface area contributed by atoms with Crippen LogP contribution in [-0.2, 0) is 4.74 Å². The van der Waals surface area contributed by atoms with Gasteiger partial charge in [-0.2, -0.15) is 0 Å². The average molecular weight is 310 g/mol. The lowest BCUT2D eigenvalue weighted by Gasteiger charge is -2.06. The molecular formula is C20H39NO. The fourth-order valence-corrected chi connectivity index (χ4v) is 2.72. The number of aliphatic imine (C=N–C) groups is 1. The maximum atomic E-state index is 4.34. The van der Waals surface area contributed by atoms with Gasteiger partial charge in [0, 0.05) is 27.0 Å². The van der Waals surface area contributed by atoms with E-state index < -0.39 is 0 Å². The quantitative estimate of drug-likeness (QED) is 0.385. The molecule has 0 N–H and O–H groups in total. The minimum Gasteiger partial charge on any atom is -0.388 e. The molecule has 0 radical (unpaired) electrons. The molecule has 0 spiro atoms. The van der Waals surface area contributed by atoms with Crippen LogP contribution in [0.5, 0.6) is 0 Å². The zero-order chi connectivity index (χ0) is 16.3. The van der Waals surface area contributed by atoms with E-state index in [-0.39, 0.29) is 0 Å². The third-order valence-electron chi connectivity index (χ3n) is 3.99. The Morgan fingerprint density at radius 3 is 1.82 bits per heavy atom. The zero-order valence-corrected chi connectivity index (χ0v) is 15.4. The molecule has 0 amide bonds. The van der Waals surface area contributed by atoms with Crippen LogP contribution < -0.4 is 0 Å². The molecule has 0 unspecified atom stereocenters. The van der Waals surface area contributed by atoms with Crippen molar-refractivity contribution in [1.29, 1.82) is 0 Å². The normalized spacial score (nSPS) is 13.5. The van der Waals surface area contributed by atoms with Crippen LogP contribution in [0.1, 0.15) is 90.4 Å². The Morgan fingerprint density at radius 2 is 1.36 bits per heavy atom. The van der Waals surface area contributed by atoms with Crippen molar-refractivity contribution in [3.63, 3.8) is 0 Å². The Labute approximate surface area is 139 Å². The van der Waals surface area contributed by atoms with Crippen LogP contribution in [0.2, 0.25) is 0 Å². The molecular weight excluding hydrogens is 270 g/mol. The maximum absolute atomic E-state index is 4.34. The van der Waals surface area contributed by atoms with Gasteiger partial charge < -0.3 is 4.74 Å². The SMILES string of the molecule is CCCCCCCCCCCCCC1=CCCN=C1.COC. The predicted octanol–water partition coefficient (Wildman–Crippen LogP) is 6.35. The van der Waals surface area contributed by atoms with E-state index in [1.807, 2.05) is 0 Å². The Morgan fingerprint density at radius 1 is 0.864 bits per heavy atom. The highest BCUT2D eigenvalue weighted by Crippen LogP contribution is 2.14. The molecule has 0 aliphatic carbocycles. The Kier molecular flexibility index (Phi) is 17.9. The monoisotopic (exact) mass is 309 g/mol. The topological polar surface area (TPSA) is 21.6 Å². The third kappa shape index (κ3) is 15.8. The average Bonchev–Trinajstić information content (AvgIpc) is 2.54. The molecule has 2 nitrogen and oxygen atoms in total. The summed E-state index contributed by atoms with van der Waals surface area (Å²) in [6.07, 6.45) is 22.6. The lowest BCUT2D eigenvalue weighted by atomic mass is 10.0. The van der Waals surface area contributed by atoms with E-state index in [9.17, 15) is 0 Å². The van der Waals surface area contributed by atoms with E-state index in [2.05, 4.69) is 28.9 Å². The Hall–Kier alpha value is -0.630. The molecule has 0 aromatic carbocycles. The smallest absolute Gasteiger partial charge is 0.0424 e. The standard InChI is InChI=1S/C18H33N.C2H6O/c1-2-3-4-5-6-7-8-9-10-11-12-14-18-15-13-16-19-17-18;1-3-2/h15,17H,2-14,16H2,1H3;1-2H3. The number of hydrogen-bond acceptors (Lipinski definition) is 2. The van der Waals surface area contributed by atoms with Gasteiger partial charge in [0.2, 0.25) is 0 Å². The van der Waals surface area contributed by atoms with Crippen molar-refractivity contribution in [1.82, 2.24) is 0 Å². The number of methoxy groups -OCH3 is 1. The Bertz CT molecular complexity index is 271. The molecule has 0 saturated heterocycles. The fraction of sp³-hybridized carbons (Fsp3) is 0.850. The minimum atomic E-state index is 1.00. The molecule has 130 valence electrons. The van der Waals surface area contributed by atoms with Crippen LogP contribution in [0.25, 0.3) is 0 Å². The van der Waals surface area contributed by atoms with E-state index in [0.717, 1.165) is 13.0 Å². The number of unbranched alkanes of at least 4 members (excludes halogenated alkanes) is 10. The highest BCUT2D eigenvalue weighted by molar-refractivity contribution is 5.79. The van der Waals surface area contributed by atoms with Gasteiger partial charge in [-0.25, -0.2) is 0 Å². The third-order valence-corrected chi connectivity index (χ3v) is 3.99. The van der Waals surface area contributed by atoms with Crippen molar-refractivity contribution in [3.05, 3.63) is 11.6 Å². The fourth-order valence-electron chi connectivity index (χ4n) is 2.72. The summed E-state index contributed by atoms with van der Waals surface area (Å²) in [5.74, 6) is 0. The summed E-state index contributed by atoms with van der Waals surface area (Å²) in [6.45, 7) is 3.29. The van der Waals surface area contributed by atoms with Gasteiger partial charge in [0.15, 0.2) is 0 Å². The van der Waals surface area contributed by atoms with Crippen molar-refractivity contribution < 1.29 is 4.74 Å². The van der Waals surface area contributed by atoms with Crippen molar-refractivity contribution >= 4 is 6.21 Å². The molecule has 1 aliphatic rings. The summed E-state index contributed by atoms with van der Waals surface area (Å²) >= 11 is 0. The first kappa shape index (κ1) is 21.4. The summed E-state index contributed by atoms with van der Waals surface area (Å²) < 4.78 is 4.25. The summed E-state index contributed by atoms with van der Waals surface area (Å²) in [7, 11) is 3.25. The van der Waals surface area contributed by atoms with E-state index >= 15 is 0 Å². The largest absolute Gasteiger partial charge is 0.388 e. The van der Waals surface area contributed by atoms with E-state index in [1.54, 1.807) is 14.2 Å². The van der Waals surface area contributed by atoms with Crippen molar-refractivity contribution in [3.8, 4) is 0 Å². The number of nitrogens with zero attached hydrogens (tertiary/aromatic N) is 1. The van der Waals surface area contributed by atoms with Crippen LogP contribution in [0.3, 0.4) is 0 Å². The molecule has 0 aromatic rings. The number of dihydropyridines is 1. The number of hydrogen-bond donors (Lipinski definition) is 0. The molecule has 1 rings (SSSR count). The van der Waals surface area contributed by atoms with Crippen molar-refractivity contribution in [2.24, 2.45) is 4.99 Å². The minimum absolute atomic E-state index is 1.00. The molecule has 0 fully saturated rings. The first-order valence-corrected chi connectivity index (χ1v) is 9.44. The second-order valence-corrected chi connectivity index (χ2v) is 6.30. The van der Waals surface area contributed by atoms with Crippen LogP contribution in [0, 0.1) is 0 Å². The van der Waals surface area contributed by atoms with Gasteiger partial charge in [-0.1, -0.05) is 77.2 Å². The van der Waals surface area contributed by atoms with Gasteiger partial charge in [0.05, 0.1) is 0 Å². The maximum Gasteiger partial charge on any atom is 0.0424 e. The highest BCUT2D eigenvalue weighted by Gasteiger charge is 1.98. The zero-order valence-electron chi connectivity index (χ0n) is 15.4. The van der Waals surface area contributed by atoms with E-state index in [0.29, 0.717) is 0 Å². The molecule has 0 atom stereocenters. The molecule has 1 heterocycles. The molecule has 2 heteroatoms. The summed E-state index contributed by atoms with van der Waals surface area (Å²) in [6, 6.07) is 0. The molecule has 0 saturated carbocycles. The van der Waals surface area contributed by atoms with Gasteiger partial charge in [-0.3, -0.25) is 4.99 Å². The molecule has 1 aliphatic heterocycles. The van der Waals surface area contributed by atoms with Gasteiger partial charge >= 0.3 is 0 Å². The number of ether oxygens (including phenoxy) is 1. The summed E-state index contributed by atoms with van der Waals surface area (Å²) in [4.78, 5) is 4.34. The summed E-state index contributed by atoms with van der Waals surface area (Å²) in [5.41, 5.74) is 1.47. The first-order valence-electron chi connectivity index (χ1n) is 9.44. The van der Waals surface area contributed by atoms with E-state index in [4.69, 9.17) is 0 Å². The van der Waals surface area contributed by atoms with E-state index in [1.165, 1.54) is 82.6 Å².